The SMILES string of the molecule is NC1(CC(=O)Nc2ccc(Cl)c(Br)c2)CCCCC1. The van der Waals surface area contributed by atoms with Gasteiger partial charge in [0.05, 0.1) is 5.02 Å². The third kappa shape index (κ3) is 4.20. The molecule has 1 aliphatic carbocycles. The molecule has 0 spiro atoms. The Morgan fingerprint density at radius 3 is 2.68 bits per heavy atom. The molecule has 3 nitrogen and oxygen atoms in total. The fourth-order valence-electron chi connectivity index (χ4n) is 2.53. The summed E-state index contributed by atoms with van der Waals surface area (Å²) in [5.41, 5.74) is 6.69. The number of benzene rings is 1. The van der Waals surface area contributed by atoms with E-state index < -0.39 is 0 Å². The molecule has 1 amide bonds. The lowest BCUT2D eigenvalue weighted by Gasteiger charge is -2.32. The minimum absolute atomic E-state index is 0.0291. The van der Waals surface area contributed by atoms with Crippen LogP contribution in [0.1, 0.15) is 38.5 Å². The molecular formula is C14H18BrClN2O. The number of rotatable bonds is 3. The lowest BCUT2D eigenvalue weighted by Crippen LogP contribution is -2.44. The minimum atomic E-state index is -0.327. The van der Waals surface area contributed by atoms with Crippen LogP contribution in [-0.4, -0.2) is 11.4 Å². The van der Waals surface area contributed by atoms with Crippen LogP contribution in [0.3, 0.4) is 0 Å². The highest BCUT2D eigenvalue weighted by atomic mass is 79.9. The van der Waals surface area contributed by atoms with Crippen LogP contribution in [-0.2, 0) is 4.79 Å². The van der Waals surface area contributed by atoms with Crippen LogP contribution in [0.2, 0.25) is 5.02 Å². The first-order valence-corrected chi connectivity index (χ1v) is 7.69. The lowest BCUT2D eigenvalue weighted by molar-refractivity contribution is -0.117. The topological polar surface area (TPSA) is 55.1 Å². The molecule has 19 heavy (non-hydrogen) atoms. The van der Waals surface area contributed by atoms with Crippen LogP contribution < -0.4 is 11.1 Å². The van der Waals surface area contributed by atoms with E-state index in [2.05, 4.69) is 21.2 Å². The Morgan fingerprint density at radius 2 is 2.05 bits per heavy atom. The van der Waals surface area contributed by atoms with Gasteiger partial charge in [-0.3, -0.25) is 4.79 Å². The van der Waals surface area contributed by atoms with Gasteiger partial charge in [0, 0.05) is 22.1 Å². The first-order valence-electron chi connectivity index (χ1n) is 6.52. The smallest absolute Gasteiger partial charge is 0.226 e. The van der Waals surface area contributed by atoms with Gasteiger partial charge in [0.1, 0.15) is 0 Å². The van der Waals surface area contributed by atoms with Crippen molar-refractivity contribution in [3.05, 3.63) is 27.7 Å². The zero-order chi connectivity index (χ0) is 13.9. The normalized spacial score (nSPS) is 18.1. The van der Waals surface area contributed by atoms with E-state index in [0.717, 1.165) is 35.8 Å². The second-order valence-electron chi connectivity index (χ2n) is 5.28. The maximum atomic E-state index is 12.0. The van der Waals surface area contributed by atoms with E-state index in [1.54, 1.807) is 18.2 Å². The van der Waals surface area contributed by atoms with Crippen LogP contribution in [0, 0.1) is 0 Å². The van der Waals surface area contributed by atoms with Crippen molar-refractivity contribution in [1.82, 2.24) is 0 Å². The summed E-state index contributed by atoms with van der Waals surface area (Å²) in [5.74, 6) is -0.0291. The third-order valence-corrected chi connectivity index (χ3v) is 4.78. The summed E-state index contributed by atoms with van der Waals surface area (Å²) in [6.45, 7) is 0. The Morgan fingerprint density at radius 1 is 1.37 bits per heavy atom. The summed E-state index contributed by atoms with van der Waals surface area (Å²) in [7, 11) is 0. The Labute approximate surface area is 127 Å². The van der Waals surface area contributed by atoms with E-state index >= 15 is 0 Å². The molecule has 0 atom stereocenters. The molecule has 0 heterocycles. The summed E-state index contributed by atoms with van der Waals surface area (Å²) >= 11 is 9.25. The van der Waals surface area contributed by atoms with Crippen molar-refractivity contribution in [3.63, 3.8) is 0 Å². The second kappa shape index (κ2) is 6.25. The molecule has 5 heteroatoms. The fourth-order valence-corrected chi connectivity index (χ4v) is 3.03. The molecule has 1 aliphatic rings. The van der Waals surface area contributed by atoms with Gasteiger partial charge in [-0.15, -0.1) is 0 Å². The molecule has 1 aromatic rings. The quantitative estimate of drug-likeness (QED) is 0.867. The number of hydrogen-bond acceptors (Lipinski definition) is 2. The first-order chi connectivity index (χ1) is 8.98. The largest absolute Gasteiger partial charge is 0.326 e. The number of hydrogen-bond donors (Lipinski definition) is 2. The van der Waals surface area contributed by atoms with Crippen molar-refractivity contribution in [1.29, 1.82) is 0 Å². The number of nitrogens with two attached hydrogens (primary N) is 1. The average molecular weight is 346 g/mol. The summed E-state index contributed by atoms with van der Waals surface area (Å²) in [4.78, 5) is 12.0. The van der Waals surface area contributed by atoms with Crippen molar-refractivity contribution >= 4 is 39.1 Å². The number of anilines is 1. The molecular weight excluding hydrogens is 328 g/mol. The van der Waals surface area contributed by atoms with Gasteiger partial charge in [-0.2, -0.15) is 0 Å². The number of nitrogens with one attached hydrogen (secondary N) is 1. The Balaban J connectivity index is 1.95. The van der Waals surface area contributed by atoms with Gasteiger partial charge in [0.2, 0.25) is 5.91 Å². The van der Waals surface area contributed by atoms with Gasteiger partial charge < -0.3 is 11.1 Å². The van der Waals surface area contributed by atoms with Crippen molar-refractivity contribution in [3.8, 4) is 0 Å². The second-order valence-corrected chi connectivity index (χ2v) is 6.54. The standard InChI is InChI=1S/C14H18BrClN2O/c15-11-8-10(4-5-12(11)16)18-13(19)9-14(17)6-2-1-3-7-14/h4-5,8H,1-3,6-7,9,17H2,(H,18,19). The molecule has 0 aliphatic heterocycles. The molecule has 0 bridgehead atoms. The summed E-state index contributed by atoms with van der Waals surface area (Å²) in [5, 5.41) is 3.50. The van der Waals surface area contributed by atoms with E-state index in [1.165, 1.54) is 6.42 Å². The van der Waals surface area contributed by atoms with E-state index in [-0.39, 0.29) is 11.4 Å². The minimum Gasteiger partial charge on any atom is -0.326 e. The van der Waals surface area contributed by atoms with Gasteiger partial charge in [-0.25, -0.2) is 0 Å². The number of carbonyl (C=O) groups is 1. The van der Waals surface area contributed by atoms with Crippen LogP contribution in [0.25, 0.3) is 0 Å². The van der Waals surface area contributed by atoms with Crippen molar-refractivity contribution in [2.24, 2.45) is 5.73 Å². The summed E-state index contributed by atoms with van der Waals surface area (Å²) in [6.07, 6.45) is 5.72. The van der Waals surface area contributed by atoms with E-state index in [1.807, 2.05) is 0 Å². The van der Waals surface area contributed by atoms with Crippen LogP contribution >= 0.6 is 27.5 Å². The summed E-state index contributed by atoms with van der Waals surface area (Å²) in [6, 6.07) is 5.33. The zero-order valence-corrected chi connectivity index (χ0v) is 13.1. The maximum Gasteiger partial charge on any atom is 0.226 e. The number of carbonyl (C=O) groups excluding carboxylic acids is 1. The third-order valence-electron chi connectivity index (χ3n) is 3.57. The van der Waals surface area contributed by atoms with Gasteiger partial charge in [0.25, 0.3) is 0 Å². The Bertz CT molecular complexity index is 473. The van der Waals surface area contributed by atoms with Crippen LogP contribution in [0.4, 0.5) is 5.69 Å². The Hall–Kier alpha value is -0.580. The molecule has 0 aromatic heterocycles. The Kier molecular flexibility index (Phi) is 4.87. The molecule has 104 valence electrons. The van der Waals surface area contributed by atoms with Crippen molar-refractivity contribution in [2.45, 2.75) is 44.1 Å². The van der Waals surface area contributed by atoms with E-state index in [0.29, 0.717) is 11.4 Å². The monoisotopic (exact) mass is 344 g/mol. The molecule has 0 saturated heterocycles. The molecule has 1 aromatic carbocycles. The van der Waals surface area contributed by atoms with Gasteiger partial charge in [-0.1, -0.05) is 30.9 Å². The van der Waals surface area contributed by atoms with E-state index in [9.17, 15) is 4.79 Å². The highest BCUT2D eigenvalue weighted by Crippen LogP contribution is 2.30. The van der Waals surface area contributed by atoms with Crippen LogP contribution in [0.5, 0.6) is 0 Å². The lowest BCUT2D eigenvalue weighted by atomic mass is 9.80. The van der Waals surface area contributed by atoms with Gasteiger partial charge >= 0.3 is 0 Å². The number of halogens is 2. The predicted octanol–water partition coefficient (Wildman–Crippen LogP) is 4.09. The zero-order valence-electron chi connectivity index (χ0n) is 10.7. The molecule has 3 N–H and O–H groups in total. The molecule has 0 radical (unpaired) electrons. The maximum absolute atomic E-state index is 12.0. The fraction of sp³-hybridized carbons (Fsp3) is 0.500. The van der Waals surface area contributed by atoms with Gasteiger partial charge in [0.15, 0.2) is 0 Å². The predicted molar refractivity (Wildman–Crippen MR) is 82.4 cm³/mol. The van der Waals surface area contributed by atoms with Crippen LogP contribution in [0.15, 0.2) is 22.7 Å². The molecule has 2 rings (SSSR count). The first kappa shape index (κ1) is 14.8. The van der Waals surface area contributed by atoms with Gasteiger partial charge in [-0.05, 0) is 47.0 Å². The average Bonchev–Trinajstić information content (AvgIpc) is 2.34. The van der Waals surface area contributed by atoms with Crippen molar-refractivity contribution in [2.75, 3.05) is 5.32 Å². The highest BCUT2D eigenvalue weighted by molar-refractivity contribution is 9.10. The van der Waals surface area contributed by atoms with E-state index in [4.69, 9.17) is 17.3 Å². The highest BCUT2D eigenvalue weighted by Gasteiger charge is 2.29. The number of amides is 1. The van der Waals surface area contributed by atoms with Crippen molar-refractivity contribution < 1.29 is 4.79 Å². The molecule has 1 saturated carbocycles. The molecule has 1 fully saturated rings. The summed E-state index contributed by atoms with van der Waals surface area (Å²) < 4.78 is 0.770. The molecule has 0 unspecified atom stereocenters.